The van der Waals surface area contributed by atoms with Gasteiger partial charge in [-0.3, -0.25) is 0 Å². The molecule has 0 aromatic heterocycles. The van der Waals surface area contributed by atoms with Gasteiger partial charge in [0.2, 0.25) is 0 Å². The number of hydrogen-bond acceptors (Lipinski definition) is 5. The van der Waals surface area contributed by atoms with Crippen LogP contribution in [-0.2, 0) is 15.1 Å². The molecule has 21 heavy (non-hydrogen) atoms. The molecule has 1 aromatic rings. The molecule has 5 nitrogen and oxygen atoms in total. The highest BCUT2D eigenvalue weighted by Crippen LogP contribution is 2.41. The van der Waals surface area contributed by atoms with Crippen LogP contribution < -0.4 is 9.47 Å². The SMILES string of the molecule is CCOC(=O)C(F)(F)C(C)(O)c1ccc(OC)c(OC)c1. The maximum atomic E-state index is 14.1. The Morgan fingerprint density at radius 2 is 1.81 bits per heavy atom. The lowest BCUT2D eigenvalue weighted by molar-refractivity contribution is -0.212. The molecule has 0 saturated heterocycles. The van der Waals surface area contributed by atoms with E-state index in [4.69, 9.17) is 9.47 Å². The van der Waals surface area contributed by atoms with Gasteiger partial charge in [-0.1, -0.05) is 6.07 Å². The molecule has 1 rings (SSSR count). The molecule has 0 aliphatic rings. The second-order valence-corrected chi connectivity index (χ2v) is 4.44. The van der Waals surface area contributed by atoms with Gasteiger partial charge < -0.3 is 19.3 Å². The van der Waals surface area contributed by atoms with E-state index >= 15 is 0 Å². The molecule has 0 amide bonds. The molecule has 0 heterocycles. The summed E-state index contributed by atoms with van der Waals surface area (Å²) in [5.74, 6) is -5.42. The number of carbonyl (C=O) groups excluding carboxylic acids is 1. The fourth-order valence-electron chi connectivity index (χ4n) is 1.74. The van der Waals surface area contributed by atoms with Gasteiger partial charge in [-0.15, -0.1) is 0 Å². The van der Waals surface area contributed by atoms with Gasteiger partial charge in [0.25, 0.3) is 0 Å². The van der Waals surface area contributed by atoms with Crippen LogP contribution in [0.4, 0.5) is 8.78 Å². The molecule has 0 fully saturated rings. The van der Waals surface area contributed by atoms with Gasteiger partial charge in [0, 0.05) is 0 Å². The average molecular weight is 304 g/mol. The van der Waals surface area contributed by atoms with Crippen molar-refractivity contribution in [1.29, 1.82) is 0 Å². The summed E-state index contributed by atoms with van der Waals surface area (Å²) >= 11 is 0. The van der Waals surface area contributed by atoms with Crippen LogP contribution in [0.5, 0.6) is 11.5 Å². The number of rotatable bonds is 6. The lowest BCUT2D eigenvalue weighted by atomic mass is 9.89. The molecule has 1 N–H and O–H groups in total. The first-order valence-corrected chi connectivity index (χ1v) is 6.22. The molecular weight excluding hydrogens is 286 g/mol. The normalized spacial score (nSPS) is 14.2. The number of ether oxygens (including phenoxy) is 3. The van der Waals surface area contributed by atoms with Crippen molar-refractivity contribution in [2.45, 2.75) is 25.4 Å². The lowest BCUT2D eigenvalue weighted by Gasteiger charge is -2.31. The van der Waals surface area contributed by atoms with E-state index in [1.165, 1.54) is 39.3 Å². The maximum Gasteiger partial charge on any atom is 0.380 e. The van der Waals surface area contributed by atoms with Crippen LogP contribution in [0, 0.1) is 0 Å². The molecule has 0 saturated carbocycles. The van der Waals surface area contributed by atoms with Crippen molar-refractivity contribution in [3.05, 3.63) is 23.8 Å². The van der Waals surface area contributed by atoms with Crippen molar-refractivity contribution < 1.29 is 32.9 Å². The minimum absolute atomic E-state index is 0.162. The van der Waals surface area contributed by atoms with E-state index < -0.39 is 17.5 Å². The first kappa shape index (κ1) is 17.2. The topological polar surface area (TPSA) is 65.0 Å². The summed E-state index contributed by atoms with van der Waals surface area (Å²) in [6, 6.07) is 3.78. The molecule has 0 aliphatic carbocycles. The molecular formula is C14H18F2O5. The summed E-state index contributed by atoms with van der Waals surface area (Å²) in [7, 11) is 2.72. The van der Waals surface area contributed by atoms with Crippen LogP contribution in [0.15, 0.2) is 18.2 Å². The summed E-state index contributed by atoms with van der Waals surface area (Å²) in [5, 5.41) is 10.1. The smallest absolute Gasteiger partial charge is 0.380 e. The molecule has 118 valence electrons. The van der Waals surface area contributed by atoms with Crippen LogP contribution in [0.2, 0.25) is 0 Å². The van der Waals surface area contributed by atoms with E-state index in [0.29, 0.717) is 5.75 Å². The Kier molecular flexibility index (Phi) is 5.11. The number of halogens is 2. The van der Waals surface area contributed by atoms with Crippen LogP contribution in [0.1, 0.15) is 19.4 Å². The standard InChI is InChI=1S/C14H18F2O5/c1-5-21-12(17)14(15,16)13(2,18)9-6-7-10(19-3)11(8-9)20-4/h6-8,18H,5H2,1-4H3. The highest BCUT2D eigenvalue weighted by Gasteiger charge is 2.58. The Morgan fingerprint density at radius 1 is 1.24 bits per heavy atom. The zero-order valence-electron chi connectivity index (χ0n) is 12.3. The van der Waals surface area contributed by atoms with Gasteiger partial charge >= 0.3 is 11.9 Å². The molecule has 0 spiro atoms. The zero-order chi connectivity index (χ0) is 16.3. The molecule has 7 heteroatoms. The predicted molar refractivity (Wildman–Crippen MR) is 70.7 cm³/mol. The van der Waals surface area contributed by atoms with Crippen molar-refractivity contribution >= 4 is 5.97 Å². The number of benzene rings is 1. The number of hydrogen-bond donors (Lipinski definition) is 1. The summed E-state index contributed by atoms with van der Waals surface area (Å²) in [6.45, 7) is 2.03. The van der Waals surface area contributed by atoms with Gasteiger partial charge in [0.1, 0.15) is 0 Å². The highest BCUT2D eigenvalue weighted by molar-refractivity contribution is 5.79. The maximum absolute atomic E-state index is 14.1. The van der Waals surface area contributed by atoms with Gasteiger partial charge in [-0.05, 0) is 31.5 Å². The fraction of sp³-hybridized carbons (Fsp3) is 0.500. The summed E-state index contributed by atoms with van der Waals surface area (Å²) in [5.41, 5.74) is -2.95. The van der Waals surface area contributed by atoms with Crippen LogP contribution >= 0.6 is 0 Å². The van der Waals surface area contributed by atoms with Crippen molar-refractivity contribution in [3.63, 3.8) is 0 Å². The quantitative estimate of drug-likeness (QED) is 0.815. The Labute approximate surface area is 121 Å². The second-order valence-electron chi connectivity index (χ2n) is 4.44. The van der Waals surface area contributed by atoms with E-state index in [1.807, 2.05) is 0 Å². The molecule has 1 atom stereocenters. The van der Waals surface area contributed by atoms with Gasteiger partial charge in [-0.2, -0.15) is 8.78 Å². The predicted octanol–water partition coefficient (Wildman–Crippen LogP) is 2.11. The van der Waals surface area contributed by atoms with E-state index in [1.54, 1.807) is 0 Å². The first-order valence-electron chi connectivity index (χ1n) is 6.22. The van der Waals surface area contributed by atoms with E-state index in [0.717, 1.165) is 6.92 Å². The number of methoxy groups -OCH3 is 2. The number of carbonyl (C=O) groups is 1. The summed E-state index contributed by atoms with van der Waals surface area (Å²) < 4.78 is 42.5. The monoisotopic (exact) mass is 304 g/mol. The molecule has 0 bridgehead atoms. The average Bonchev–Trinajstić information content (AvgIpc) is 2.46. The van der Waals surface area contributed by atoms with Gasteiger partial charge in [-0.25, -0.2) is 4.79 Å². The van der Waals surface area contributed by atoms with Gasteiger partial charge in [0.15, 0.2) is 17.1 Å². The van der Waals surface area contributed by atoms with Crippen LogP contribution in [-0.4, -0.2) is 37.8 Å². The number of aliphatic hydroxyl groups is 1. The Hall–Kier alpha value is -1.89. The molecule has 1 aromatic carbocycles. The van der Waals surface area contributed by atoms with Gasteiger partial charge in [0.05, 0.1) is 20.8 Å². The van der Waals surface area contributed by atoms with Crippen molar-refractivity contribution in [2.75, 3.05) is 20.8 Å². The third-order valence-corrected chi connectivity index (χ3v) is 3.09. The van der Waals surface area contributed by atoms with E-state index in [2.05, 4.69) is 4.74 Å². The molecule has 0 radical (unpaired) electrons. The van der Waals surface area contributed by atoms with E-state index in [9.17, 15) is 18.7 Å². The third kappa shape index (κ3) is 3.07. The lowest BCUT2D eigenvalue weighted by Crippen LogP contribution is -2.49. The highest BCUT2D eigenvalue weighted by atomic mass is 19.3. The summed E-state index contributed by atoms with van der Waals surface area (Å²) in [6.07, 6.45) is 0. The molecule has 0 aliphatic heterocycles. The number of alkyl halides is 2. The summed E-state index contributed by atoms with van der Waals surface area (Å²) in [4.78, 5) is 11.4. The number of esters is 1. The van der Waals surface area contributed by atoms with Crippen molar-refractivity contribution in [2.24, 2.45) is 0 Å². The molecule has 1 unspecified atom stereocenters. The minimum Gasteiger partial charge on any atom is -0.493 e. The first-order chi connectivity index (χ1) is 9.72. The Bertz CT molecular complexity index is 514. The van der Waals surface area contributed by atoms with Crippen LogP contribution in [0.3, 0.4) is 0 Å². The Morgan fingerprint density at radius 3 is 2.29 bits per heavy atom. The third-order valence-electron chi connectivity index (χ3n) is 3.09. The second kappa shape index (κ2) is 6.26. The fourth-order valence-corrected chi connectivity index (χ4v) is 1.74. The van der Waals surface area contributed by atoms with Crippen molar-refractivity contribution in [3.8, 4) is 11.5 Å². The zero-order valence-corrected chi connectivity index (χ0v) is 12.3. The van der Waals surface area contributed by atoms with E-state index in [-0.39, 0.29) is 17.9 Å². The van der Waals surface area contributed by atoms with Crippen molar-refractivity contribution in [1.82, 2.24) is 0 Å². The largest absolute Gasteiger partial charge is 0.493 e. The van der Waals surface area contributed by atoms with Crippen LogP contribution in [0.25, 0.3) is 0 Å². The Balaban J connectivity index is 3.26. The minimum atomic E-state index is -4.11.